The molecule has 0 spiro atoms. The quantitative estimate of drug-likeness (QED) is 0.460. The summed E-state index contributed by atoms with van der Waals surface area (Å²) in [6.07, 6.45) is -3.76. The highest BCUT2D eigenvalue weighted by Crippen LogP contribution is 2.36. The number of hydrogen-bond donors (Lipinski definition) is 2. The van der Waals surface area contributed by atoms with Crippen molar-refractivity contribution >= 4 is 28.5 Å². The summed E-state index contributed by atoms with van der Waals surface area (Å²) in [4.78, 5) is 16.6. The maximum absolute atomic E-state index is 12.9. The molecule has 5 nitrogen and oxygen atoms in total. The van der Waals surface area contributed by atoms with Crippen LogP contribution in [0.3, 0.4) is 0 Å². The highest BCUT2D eigenvalue weighted by Gasteiger charge is 2.33. The molecule has 0 aliphatic carbocycles. The van der Waals surface area contributed by atoms with E-state index in [0.717, 1.165) is 29.0 Å². The van der Waals surface area contributed by atoms with Gasteiger partial charge in [0.05, 0.1) is 11.3 Å². The lowest BCUT2D eigenvalue weighted by Crippen LogP contribution is -2.13. The first kappa shape index (κ1) is 20.1. The molecule has 0 aliphatic rings. The number of hydrogen-bond acceptors (Lipinski definition) is 5. The summed E-state index contributed by atoms with van der Waals surface area (Å²) in [6, 6.07) is 13.6. The van der Waals surface area contributed by atoms with Crippen molar-refractivity contribution in [2.75, 3.05) is 5.32 Å². The Kier molecular flexibility index (Phi) is 5.66. The van der Waals surface area contributed by atoms with Crippen molar-refractivity contribution in [3.63, 3.8) is 0 Å². The first-order valence-electron chi connectivity index (χ1n) is 8.12. The summed E-state index contributed by atoms with van der Waals surface area (Å²) >= 11 is 1.15. The van der Waals surface area contributed by atoms with Gasteiger partial charge in [0.1, 0.15) is 17.4 Å². The number of phenols is 1. The van der Waals surface area contributed by atoms with Crippen LogP contribution in [0.25, 0.3) is 17.3 Å². The number of halogens is 3. The van der Waals surface area contributed by atoms with E-state index in [-0.39, 0.29) is 10.7 Å². The van der Waals surface area contributed by atoms with Crippen LogP contribution in [0.1, 0.15) is 11.1 Å². The molecule has 1 aromatic heterocycles. The van der Waals surface area contributed by atoms with Crippen LogP contribution in [0.2, 0.25) is 0 Å². The fraction of sp³-hybridized carbons (Fsp3) is 0.0500. The predicted molar refractivity (Wildman–Crippen MR) is 103 cm³/mol. The normalized spacial score (nSPS) is 11.7. The van der Waals surface area contributed by atoms with Gasteiger partial charge in [-0.3, -0.25) is 10.1 Å². The molecule has 3 aromatic rings. The highest BCUT2D eigenvalue weighted by atomic mass is 32.1. The molecule has 0 radical (unpaired) electrons. The first-order chi connectivity index (χ1) is 13.8. The average molecular weight is 415 g/mol. The Balaban J connectivity index is 1.81. The van der Waals surface area contributed by atoms with E-state index in [4.69, 9.17) is 0 Å². The maximum Gasteiger partial charge on any atom is 0.419 e. The second-order valence-corrected chi connectivity index (χ2v) is 6.66. The molecule has 1 amide bonds. The van der Waals surface area contributed by atoms with Gasteiger partial charge in [0.2, 0.25) is 0 Å². The van der Waals surface area contributed by atoms with Crippen molar-refractivity contribution in [1.29, 1.82) is 5.26 Å². The largest absolute Gasteiger partial charge is 0.507 e. The van der Waals surface area contributed by atoms with E-state index in [1.165, 1.54) is 6.07 Å². The number of aromatic hydroxyl groups is 1. The minimum absolute atomic E-state index is 0.0501. The van der Waals surface area contributed by atoms with Crippen molar-refractivity contribution in [3.8, 4) is 23.1 Å². The fourth-order valence-electron chi connectivity index (χ4n) is 2.42. The molecule has 0 aliphatic heterocycles. The number of alkyl halides is 3. The zero-order chi connectivity index (χ0) is 21.0. The Labute approximate surface area is 167 Å². The zero-order valence-electron chi connectivity index (χ0n) is 14.6. The smallest absolute Gasteiger partial charge is 0.419 e. The van der Waals surface area contributed by atoms with Crippen molar-refractivity contribution in [2.45, 2.75) is 6.18 Å². The van der Waals surface area contributed by atoms with Gasteiger partial charge in [0.25, 0.3) is 5.91 Å². The number of phenolic OH excluding ortho intramolecular Hbond substituents is 1. The number of carbonyl (C=O) groups is 1. The minimum atomic E-state index is -4.77. The van der Waals surface area contributed by atoms with E-state index < -0.39 is 29.0 Å². The van der Waals surface area contributed by atoms with E-state index in [1.54, 1.807) is 11.4 Å². The molecular weight excluding hydrogens is 403 g/mol. The van der Waals surface area contributed by atoms with E-state index in [0.29, 0.717) is 11.8 Å². The summed E-state index contributed by atoms with van der Waals surface area (Å²) < 4.78 is 38.7. The monoisotopic (exact) mass is 415 g/mol. The Morgan fingerprint density at radius 3 is 2.59 bits per heavy atom. The molecule has 2 N–H and O–H groups in total. The molecule has 0 saturated heterocycles. The summed E-state index contributed by atoms with van der Waals surface area (Å²) in [5.41, 5.74) is -0.214. The van der Waals surface area contributed by atoms with Crippen molar-refractivity contribution < 1.29 is 23.1 Å². The van der Waals surface area contributed by atoms with Gasteiger partial charge in [-0.25, -0.2) is 4.98 Å². The van der Waals surface area contributed by atoms with E-state index in [9.17, 15) is 28.3 Å². The lowest BCUT2D eigenvalue weighted by Gasteiger charge is -2.09. The molecule has 9 heteroatoms. The molecule has 0 atom stereocenters. The van der Waals surface area contributed by atoms with Crippen LogP contribution in [-0.2, 0) is 11.0 Å². The van der Waals surface area contributed by atoms with Crippen LogP contribution >= 0.6 is 11.3 Å². The fourth-order valence-corrected chi connectivity index (χ4v) is 3.14. The molecule has 146 valence electrons. The molecule has 1 heterocycles. The molecule has 2 aromatic carbocycles. The third kappa shape index (κ3) is 4.80. The van der Waals surface area contributed by atoms with Crippen LogP contribution in [-0.4, -0.2) is 16.0 Å². The number of carbonyl (C=O) groups excluding carboxylic acids is 1. The standard InChI is InChI=1S/C20H12F3N3O2S/c21-20(22,23)15-9-12(6-7-17(15)27)8-14(10-24)18(28)26-19-25-16(11-29-19)13-4-2-1-3-5-13/h1-9,11,27H,(H,25,26,28)/b14-8+. The van der Waals surface area contributed by atoms with Crippen molar-refractivity contribution in [3.05, 3.63) is 70.6 Å². The lowest BCUT2D eigenvalue weighted by molar-refractivity contribution is -0.138. The van der Waals surface area contributed by atoms with Crippen LogP contribution in [0.5, 0.6) is 5.75 Å². The third-order valence-corrected chi connectivity index (χ3v) is 4.55. The Bertz CT molecular complexity index is 1120. The SMILES string of the molecule is N#C/C(=C\c1ccc(O)c(C(F)(F)F)c1)C(=O)Nc1nc(-c2ccccc2)cs1. The molecule has 0 unspecified atom stereocenters. The number of rotatable bonds is 4. The Morgan fingerprint density at radius 2 is 1.93 bits per heavy atom. The second kappa shape index (κ2) is 8.16. The van der Waals surface area contributed by atoms with E-state index >= 15 is 0 Å². The van der Waals surface area contributed by atoms with Gasteiger partial charge in [0, 0.05) is 10.9 Å². The Hall–Kier alpha value is -3.64. The minimum Gasteiger partial charge on any atom is -0.507 e. The summed E-state index contributed by atoms with van der Waals surface area (Å²) in [6.45, 7) is 0. The van der Waals surface area contributed by atoms with Crippen molar-refractivity contribution in [1.82, 2.24) is 4.98 Å². The third-order valence-electron chi connectivity index (χ3n) is 3.80. The van der Waals surface area contributed by atoms with Crippen LogP contribution < -0.4 is 5.32 Å². The molecule has 29 heavy (non-hydrogen) atoms. The van der Waals surface area contributed by atoms with Gasteiger partial charge in [0.15, 0.2) is 5.13 Å². The summed E-state index contributed by atoms with van der Waals surface area (Å²) in [7, 11) is 0. The van der Waals surface area contributed by atoms with Gasteiger partial charge in [-0.15, -0.1) is 11.3 Å². The van der Waals surface area contributed by atoms with Crippen LogP contribution in [0, 0.1) is 11.3 Å². The van der Waals surface area contributed by atoms with Gasteiger partial charge in [-0.05, 0) is 23.8 Å². The predicted octanol–water partition coefficient (Wildman–Crippen LogP) is 5.08. The highest BCUT2D eigenvalue weighted by molar-refractivity contribution is 7.14. The number of nitrogens with zero attached hydrogens (tertiary/aromatic N) is 2. The number of aromatic nitrogens is 1. The van der Waals surface area contributed by atoms with E-state index in [1.807, 2.05) is 30.3 Å². The number of amides is 1. The first-order valence-corrected chi connectivity index (χ1v) is 9.00. The molecule has 0 bridgehead atoms. The topological polar surface area (TPSA) is 86.0 Å². The number of anilines is 1. The van der Waals surface area contributed by atoms with Gasteiger partial charge in [-0.2, -0.15) is 18.4 Å². The van der Waals surface area contributed by atoms with Gasteiger partial charge >= 0.3 is 6.18 Å². The van der Waals surface area contributed by atoms with Gasteiger partial charge in [-0.1, -0.05) is 36.4 Å². The molecule has 3 rings (SSSR count). The molecule has 0 fully saturated rings. The number of nitrogens with one attached hydrogen (secondary N) is 1. The average Bonchev–Trinajstić information content (AvgIpc) is 3.15. The number of thiazole rings is 1. The van der Waals surface area contributed by atoms with Crippen molar-refractivity contribution in [2.24, 2.45) is 0 Å². The lowest BCUT2D eigenvalue weighted by atomic mass is 10.1. The van der Waals surface area contributed by atoms with Gasteiger partial charge < -0.3 is 5.11 Å². The second-order valence-electron chi connectivity index (χ2n) is 5.80. The van der Waals surface area contributed by atoms with E-state index in [2.05, 4.69) is 10.3 Å². The number of nitriles is 1. The summed E-state index contributed by atoms with van der Waals surface area (Å²) in [5, 5.41) is 23.1. The molecular formula is C20H12F3N3O2S. The van der Waals surface area contributed by atoms with Crippen LogP contribution in [0.4, 0.5) is 18.3 Å². The molecule has 0 saturated carbocycles. The Morgan fingerprint density at radius 1 is 1.21 bits per heavy atom. The number of benzene rings is 2. The maximum atomic E-state index is 12.9. The summed E-state index contributed by atoms with van der Waals surface area (Å²) in [5.74, 6) is -1.74. The zero-order valence-corrected chi connectivity index (χ0v) is 15.4. The van der Waals surface area contributed by atoms with Crippen LogP contribution in [0.15, 0.2) is 59.5 Å².